The first-order valence-electron chi connectivity index (χ1n) is 9.65. The van der Waals surface area contributed by atoms with Crippen LogP contribution in [0.2, 0.25) is 0 Å². The number of amides is 1. The summed E-state index contributed by atoms with van der Waals surface area (Å²) in [5.41, 5.74) is 1.64. The Bertz CT molecular complexity index is 741. The lowest BCUT2D eigenvalue weighted by atomic mass is 10.1. The lowest BCUT2D eigenvalue weighted by molar-refractivity contribution is 0.0951. The molecule has 0 radical (unpaired) electrons. The van der Waals surface area contributed by atoms with Gasteiger partial charge in [-0.1, -0.05) is 12.1 Å². The Labute approximate surface area is 167 Å². The van der Waals surface area contributed by atoms with Gasteiger partial charge in [-0.15, -0.1) is 0 Å². The van der Waals surface area contributed by atoms with E-state index in [2.05, 4.69) is 20.9 Å². The number of carbonyl (C=O) groups is 1. The molecule has 152 valence electrons. The van der Waals surface area contributed by atoms with Gasteiger partial charge in [0.05, 0.1) is 12.8 Å². The van der Waals surface area contributed by atoms with Crippen LogP contribution in [0.1, 0.15) is 28.6 Å². The Morgan fingerprint density at radius 1 is 1.11 bits per heavy atom. The lowest BCUT2D eigenvalue weighted by Crippen LogP contribution is -2.38. The Morgan fingerprint density at radius 2 is 1.96 bits per heavy atom. The van der Waals surface area contributed by atoms with Gasteiger partial charge >= 0.3 is 0 Å². The first-order chi connectivity index (χ1) is 13.6. The third kappa shape index (κ3) is 7.84. The average Bonchev–Trinajstić information content (AvgIpc) is 3.19. The smallest absolute Gasteiger partial charge is 0.251 e. The van der Waals surface area contributed by atoms with Crippen molar-refractivity contribution in [3.05, 3.63) is 59.5 Å². The minimum Gasteiger partial charge on any atom is -0.469 e. The molecule has 1 aromatic heterocycles. The standard InChI is InChI=1S/C21H31N5O2/c1-4-22-21(24-11-10-19-9-6-14-28-19)25-16-17-7-5-8-18(15-17)20(27)23-12-13-26(2)3/h5-9,14-15H,4,10-13,16H2,1-3H3,(H,23,27)(H2,22,24,25). The van der Waals surface area contributed by atoms with Gasteiger partial charge in [-0.3, -0.25) is 4.79 Å². The van der Waals surface area contributed by atoms with E-state index in [1.807, 2.05) is 62.3 Å². The summed E-state index contributed by atoms with van der Waals surface area (Å²) in [6, 6.07) is 11.4. The van der Waals surface area contributed by atoms with E-state index in [-0.39, 0.29) is 5.91 Å². The molecule has 0 bridgehead atoms. The monoisotopic (exact) mass is 385 g/mol. The summed E-state index contributed by atoms with van der Waals surface area (Å²) < 4.78 is 5.34. The van der Waals surface area contributed by atoms with Crippen molar-refractivity contribution < 1.29 is 9.21 Å². The zero-order valence-electron chi connectivity index (χ0n) is 17.0. The fourth-order valence-electron chi connectivity index (χ4n) is 2.58. The van der Waals surface area contributed by atoms with E-state index in [4.69, 9.17) is 4.42 Å². The summed E-state index contributed by atoms with van der Waals surface area (Å²) in [6.45, 7) is 5.47. The first-order valence-corrected chi connectivity index (χ1v) is 9.65. The average molecular weight is 386 g/mol. The van der Waals surface area contributed by atoms with Crippen LogP contribution in [-0.4, -0.2) is 57.0 Å². The molecule has 0 aliphatic rings. The highest BCUT2D eigenvalue weighted by atomic mass is 16.3. The van der Waals surface area contributed by atoms with E-state index < -0.39 is 0 Å². The van der Waals surface area contributed by atoms with Gasteiger partial charge < -0.3 is 25.3 Å². The van der Waals surface area contributed by atoms with Crippen LogP contribution >= 0.6 is 0 Å². The number of aliphatic imine (C=N–C) groups is 1. The van der Waals surface area contributed by atoms with E-state index >= 15 is 0 Å². The maximum Gasteiger partial charge on any atom is 0.251 e. The molecule has 1 heterocycles. The van der Waals surface area contributed by atoms with E-state index in [9.17, 15) is 4.79 Å². The number of likely N-dealkylation sites (N-methyl/N-ethyl adjacent to an activating group) is 1. The van der Waals surface area contributed by atoms with Crippen molar-refractivity contribution in [3.8, 4) is 0 Å². The highest BCUT2D eigenvalue weighted by Gasteiger charge is 2.06. The van der Waals surface area contributed by atoms with Crippen LogP contribution in [0.5, 0.6) is 0 Å². The van der Waals surface area contributed by atoms with Crippen LogP contribution in [-0.2, 0) is 13.0 Å². The van der Waals surface area contributed by atoms with Crippen molar-refractivity contribution in [3.63, 3.8) is 0 Å². The fourth-order valence-corrected chi connectivity index (χ4v) is 2.58. The maximum absolute atomic E-state index is 12.3. The number of benzene rings is 1. The predicted octanol–water partition coefficient (Wildman–Crippen LogP) is 1.87. The Balaban J connectivity index is 1.89. The summed E-state index contributed by atoms with van der Waals surface area (Å²) in [7, 11) is 3.96. The van der Waals surface area contributed by atoms with Gasteiger partial charge in [-0.2, -0.15) is 0 Å². The molecule has 0 atom stereocenters. The van der Waals surface area contributed by atoms with Gasteiger partial charge in [0.1, 0.15) is 5.76 Å². The van der Waals surface area contributed by atoms with Crippen LogP contribution in [0.3, 0.4) is 0 Å². The number of carbonyl (C=O) groups excluding carboxylic acids is 1. The summed E-state index contributed by atoms with van der Waals surface area (Å²) >= 11 is 0. The normalized spacial score (nSPS) is 11.5. The molecule has 0 saturated heterocycles. The van der Waals surface area contributed by atoms with Gasteiger partial charge in [0.15, 0.2) is 5.96 Å². The second-order valence-corrected chi connectivity index (χ2v) is 6.71. The number of rotatable bonds is 10. The SMILES string of the molecule is CCNC(=NCc1cccc(C(=O)NCCN(C)C)c1)NCCc1ccco1. The van der Waals surface area contributed by atoms with Crippen LogP contribution in [0, 0.1) is 0 Å². The third-order valence-corrected chi connectivity index (χ3v) is 4.04. The van der Waals surface area contributed by atoms with Gasteiger partial charge in [-0.05, 0) is 50.8 Å². The second-order valence-electron chi connectivity index (χ2n) is 6.71. The zero-order chi connectivity index (χ0) is 20.2. The van der Waals surface area contributed by atoms with Gasteiger partial charge in [0.2, 0.25) is 0 Å². The molecule has 0 aliphatic heterocycles. The number of hydrogen-bond donors (Lipinski definition) is 3. The summed E-state index contributed by atoms with van der Waals surface area (Å²) in [5, 5.41) is 9.47. The summed E-state index contributed by atoms with van der Waals surface area (Å²) in [6.07, 6.45) is 2.47. The van der Waals surface area contributed by atoms with Gasteiger partial charge in [-0.25, -0.2) is 4.99 Å². The molecular weight excluding hydrogens is 354 g/mol. The van der Waals surface area contributed by atoms with Crippen molar-refractivity contribution in [1.29, 1.82) is 0 Å². The zero-order valence-corrected chi connectivity index (χ0v) is 17.0. The predicted molar refractivity (Wildman–Crippen MR) is 113 cm³/mol. The maximum atomic E-state index is 12.3. The molecule has 1 aromatic carbocycles. The quantitative estimate of drug-likeness (QED) is 0.430. The molecular formula is C21H31N5O2. The molecule has 0 fully saturated rings. The van der Waals surface area contributed by atoms with E-state index in [0.717, 1.165) is 43.3 Å². The second kappa shape index (κ2) is 11.8. The Morgan fingerprint density at radius 3 is 2.68 bits per heavy atom. The highest BCUT2D eigenvalue weighted by molar-refractivity contribution is 5.94. The summed E-state index contributed by atoms with van der Waals surface area (Å²) in [4.78, 5) is 18.9. The molecule has 3 N–H and O–H groups in total. The summed E-state index contributed by atoms with van der Waals surface area (Å²) in [5.74, 6) is 1.63. The number of hydrogen-bond acceptors (Lipinski definition) is 4. The van der Waals surface area contributed by atoms with Crippen molar-refractivity contribution in [2.45, 2.75) is 19.9 Å². The first kappa shape index (κ1) is 21.5. The van der Waals surface area contributed by atoms with Crippen LogP contribution in [0.25, 0.3) is 0 Å². The van der Waals surface area contributed by atoms with E-state index in [1.165, 1.54) is 0 Å². The Hall–Kier alpha value is -2.80. The number of furan rings is 1. The minimum atomic E-state index is -0.0591. The van der Waals surface area contributed by atoms with Gasteiger partial charge in [0, 0.05) is 38.2 Å². The van der Waals surface area contributed by atoms with Crippen molar-refractivity contribution in [1.82, 2.24) is 20.9 Å². The van der Waals surface area contributed by atoms with Gasteiger partial charge in [0.25, 0.3) is 5.91 Å². The number of nitrogens with one attached hydrogen (secondary N) is 3. The molecule has 2 rings (SSSR count). The molecule has 2 aromatic rings. The van der Waals surface area contributed by atoms with E-state index in [0.29, 0.717) is 18.7 Å². The third-order valence-electron chi connectivity index (χ3n) is 4.04. The van der Waals surface area contributed by atoms with Crippen LogP contribution in [0.4, 0.5) is 0 Å². The topological polar surface area (TPSA) is 81.9 Å². The molecule has 0 saturated carbocycles. The highest BCUT2D eigenvalue weighted by Crippen LogP contribution is 2.07. The van der Waals surface area contributed by atoms with Crippen LogP contribution < -0.4 is 16.0 Å². The minimum absolute atomic E-state index is 0.0591. The molecule has 0 unspecified atom stereocenters. The largest absolute Gasteiger partial charge is 0.469 e. The number of nitrogens with zero attached hydrogens (tertiary/aromatic N) is 2. The molecule has 28 heavy (non-hydrogen) atoms. The van der Waals surface area contributed by atoms with Crippen molar-refractivity contribution in [2.75, 3.05) is 40.3 Å². The van der Waals surface area contributed by atoms with Crippen molar-refractivity contribution >= 4 is 11.9 Å². The van der Waals surface area contributed by atoms with Crippen LogP contribution in [0.15, 0.2) is 52.1 Å². The Kier molecular flexibility index (Phi) is 9.07. The number of guanidine groups is 1. The van der Waals surface area contributed by atoms with E-state index in [1.54, 1.807) is 6.26 Å². The fraction of sp³-hybridized carbons (Fsp3) is 0.429. The molecule has 7 heteroatoms. The lowest BCUT2D eigenvalue weighted by Gasteiger charge is -2.12. The molecule has 1 amide bonds. The molecule has 7 nitrogen and oxygen atoms in total. The molecule has 0 spiro atoms. The van der Waals surface area contributed by atoms with Crippen molar-refractivity contribution in [2.24, 2.45) is 4.99 Å². The molecule has 0 aliphatic carbocycles.